The van der Waals surface area contributed by atoms with Crippen LogP contribution in [0.2, 0.25) is 5.02 Å². The highest BCUT2D eigenvalue weighted by atomic mass is 35.5. The number of hydrogen-bond donors (Lipinski definition) is 1. The van der Waals surface area contributed by atoms with Crippen LogP contribution in [-0.2, 0) is 6.54 Å². The Bertz CT molecular complexity index is 563. The zero-order valence-corrected chi connectivity index (χ0v) is 11.8. The fourth-order valence-corrected chi connectivity index (χ4v) is 2.86. The number of benzene rings is 1. The van der Waals surface area contributed by atoms with Crippen LogP contribution in [0.3, 0.4) is 0 Å². The number of aromatic nitrogens is 1. The molecule has 102 valence electrons. The molecule has 0 amide bonds. The third-order valence-corrected chi connectivity index (χ3v) is 4.07. The SMILES string of the molecule is CN(Cc1noc2ccc(Cl)cc12)C1CCNCC1. The Labute approximate surface area is 117 Å². The van der Waals surface area contributed by atoms with Gasteiger partial charge in [0.1, 0.15) is 5.69 Å². The average molecular weight is 280 g/mol. The first-order chi connectivity index (χ1) is 9.24. The van der Waals surface area contributed by atoms with Gasteiger partial charge in [0.25, 0.3) is 0 Å². The summed E-state index contributed by atoms with van der Waals surface area (Å²) in [6.07, 6.45) is 2.38. The fourth-order valence-electron chi connectivity index (χ4n) is 2.69. The molecule has 19 heavy (non-hydrogen) atoms. The Kier molecular flexibility index (Phi) is 3.73. The van der Waals surface area contributed by atoms with E-state index < -0.39 is 0 Å². The molecule has 0 unspecified atom stereocenters. The topological polar surface area (TPSA) is 41.3 Å². The normalized spacial score (nSPS) is 17.4. The minimum Gasteiger partial charge on any atom is -0.356 e. The number of halogens is 1. The molecule has 1 N–H and O–H groups in total. The highest BCUT2D eigenvalue weighted by molar-refractivity contribution is 6.31. The summed E-state index contributed by atoms with van der Waals surface area (Å²) >= 11 is 6.04. The second-order valence-electron chi connectivity index (χ2n) is 5.17. The summed E-state index contributed by atoms with van der Waals surface area (Å²) < 4.78 is 5.34. The van der Waals surface area contributed by atoms with Gasteiger partial charge < -0.3 is 9.84 Å². The van der Waals surface area contributed by atoms with Gasteiger partial charge in [0.2, 0.25) is 0 Å². The summed E-state index contributed by atoms with van der Waals surface area (Å²) in [6.45, 7) is 3.00. The summed E-state index contributed by atoms with van der Waals surface area (Å²) in [4.78, 5) is 2.36. The van der Waals surface area contributed by atoms with Crippen molar-refractivity contribution in [2.24, 2.45) is 0 Å². The number of fused-ring (bicyclic) bond motifs is 1. The van der Waals surface area contributed by atoms with E-state index in [0.29, 0.717) is 6.04 Å². The smallest absolute Gasteiger partial charge is 0.167 e. The van der Waals surface area contributed by atoms with E-state index >= 15 is 0 Å². The van der Waals surface area contributed by atoms with Crippen LogP contribution in [0.1, 0.15) is 18.5 Å². The summed E-state index contributed by atoms with van der Waals surface area (Å²) in [5, 5.41) is 9.31. The Morgan fingerprint density at radius 2 is 2.21 bits per heavy atom. The molecule has 0 spiro atoms. The Morgan fingerprint density at radius 3 is 3.00 bits per heavy atom. The second-order valence-corrected chi connectivity index (χ2v) is 5.60. The molecule has 1 saturated heterocycles. The molecule has 4 nitrogen and oxygen atoms in total. The van der Waals surface area contributed by atoms with Gasteiger partial charge in [-0.1, -0.05) is 16.8 Å². The van der Waals surface area contributed by atoms with Gasteiger partial charge in [-0.2, -0.15) is 0 Å². The largest absolute Gasteiger partial charge is 0.356 e. The summed E-state index contributed by atoms with van der Waals surface area (Å²) in [6, 6.07) is 6.25. The molecule has 0 saturated carbocycles. The highest BCUT2D eigenvalue weighted by Crippen LogP contribution is 2.24. The van der Waals surface area contributed by atoms with Gasteiger partial charge in [-0.05, 0) is 51.2 Å². The molecule has 1 aromatic heterocycles. The van der Waals surface area contributed by atoms with Crippen molar-refractivity contribution >= 4 is 22.6 Å². The van der Waals surface area contributed by atoms with Crippen molar-refractivity contribution in [3.8, 4) is 0 Å². The molecule has 0 radical (unpaired) electrons. The number of piperidine rings is 1. The zero-order chi connectivity index (χ0) is 13.2. The van der Waals surface area contributed by atoms with Crippen LogP contribution in [-0.4, -0.2) is 36.2 Å². The van der Waals surface area contributed by atoms with E-state index in [1.54, 1.807) is 0 Å². The maximum absolute atomic E-state index is 6.04. The number of rotatable bonds is 3. The van der Waals surface area contributed by atoms with E-state index in [9.17, 15) is 0 Å². The Hall–Kier alpha value is -1.10. The van der Waals surface area contributed by atoms with Gasteiger partial charge in [-0.15, -0.1) is 0 Å². The lowest BCUT2D eigenvalue weighted by Crippen LogP contribution is -2.40. The van der Waals surface area contributed by atoms with E-state index in [0.717, 1.165) is 41.3 Å². The van der Waals surface area contributed by atoms with Crippen molar-refractivity contribution in [3.63, 3.8) is 0 Å². The fraction of sp³-hybridized carbons (Fsp3) is 0.500. The molecule has 1 aromatic carbocycles. The summed E-state index contributed by atoms with van der Waals surface area (Å²) in [5.74, 6) is 0. The van der Waals surface area contributed by atoms with Crippen LogP contribution in [0.4, 0.5) is 0 Å². The van der Waals surface area contributed by atoms with Crippen molar-refractivity contribution in [2.75, 3.05) is 20.1 Å². The zero-order valence-electron chi connectivity index (χ0n) is 11.0. The lowest BCUT2D eigenvalue weighted by molar-refractivity contribution is 0.188. The second kappa shape index (κ2) is 5.49. The van der Waals surface area contributed by atoms with Crippen molar-refractivity contribution in [3.05, 3.63) is 28.9 Å². The van der Waals surface area contributed by atoms with Crippen LogP contribution in [0.15, 0.2) is 22.7 Å². The van der Waals surface area contributed by atoms with E-state index in [4.69, 9.17) is 16.1 Å². The maximum Gasteiger partial charge on any atom is 0.167 e. The monoisotopic (exact) mass is 279 g/mol. The van der Waals surface area contributed by atoms with Crippen molar-refractivity contribution in [1.82, 2.24) is 15.4 Å². The Balaban J connectivity index is 1.78. The van der Waals surface area contributed by atoms with Gasteiger partial charge in [0, 0.05) is 23.0 Å². The number of nitrogens with zero attached hydrogens (tertiary/aromatic N) is 2. The van der Waals surface area contributed by atoms with Gasteiger partial charge >= 0.3 is 0 Å². The Morgan fingerprint density at radius 1 is 1.42 bits per heavy atom. The molecule has 5 heteroatoms. The molecule has 0 atom stereocenters. The first-order valence-electron chi connectivity index (χ1n) is 6.69. The third kappa shape index (κ3) is 2.76. The predicted octanol–water partition coefficient (Wildman–Crippen LogP) is 2.67. The lowest BCUT2D eigenvalue weighted by Gasteiger charge is -2.31. The van der Waals surface area contributed by atoms with E-state index in [-0.39, 0.29) is 0 Å². The van der Waals surface area contributed by atoms with Gasteiger partial charge in [0.15, 0.2) is 5.58 Å². The number of nitrogens with one attached hydrogen (secondary N) is 1. The van der Waals surface area contributed by atoms with Crippen molar-refractivity contribution in [2.45, 2.75) is 25.4 Å². The maximum atomic E-state index is 6.04. The van der Waals surface area contributed by atoms with E-state index in [1.807, 2.05) is 18.2 Å². The van der Waals surface area contributed by atoms with Crippen molar-refractivity contribution in [1.29, 1.82) is 0 Å². The molecule has 3 rings (SSSR count). The third-order valence-electron chi connectivity index (χ3n) is 3.84. The molecule has 0 bridgehead atoms. The quantitative estimate of drug-likeness (QED) is 0.938. The molecule has 1 aliphatic heterocycles. The van der Waals surface area contributed by atoms with E-state index in [1.165, 1.54) is 12.8 Å². The van der Waals surface area contributed by atoms with E-state index in [2.05, 4.69) is 22.4 Å². The minimum atomic E-state index is 0.618. The van der Waals surface area contributed by atoms with Crippen LogP contribution in [0, 0.1) is 0 Å². The standard InChI is InChI=1S/C14H18ClN3O/c1-18(11-4-6-16-7-5-11)9-13-12-8-10(15)2-3-14(12)19-17-13/h2-3,8,11,16H,4-7,9H2,1H3. The first kappa shape index (κ1) is 12.9. The van der Waals surface area contributed by atoms with Crippen molar-refractivity contribution < 1.29 is 4.52 Å². The van der Waals surface area contributed by atoms with Gasteiger partial charge in [-0.3, -0.25) is 4.90 Å². The molecular formula is C14H18ClN3O. The summed E-state index contributed by atoms with van der Waals surface area (Å²) in [7, 11) is 2.15. The van der Waals surface area contributed by atoms with Gasteiger partial charge in [0.05, 0.1) is 0 Å². The minimum absolute atomic E-state index is 0.618. The predicted molar refractivity (Wildman–Crippen MR) is 76.4 cm³/mol. The van der Waals surface area contributed by atoms with Crippen LogP contribution in [0.5, 0.6) is 0 Å². The molecule has 2 heterocycles. The lowest BCUT2D eigenvalue weighted by atomic mass is 10.0. The molecule has 1 fully saturated rings. The molecular weight excluding hydrogens is 262 g/mol. The summed E-state index contributed by atoms with van der Waals surface area (Å²) in [5.41, 5.74) is 1.77. The number of hydrogen-bond acceptors (Lipinski definition) is 4. The van der Waals surface area contributed by atoms with Crippen LogP contribution in [0.25, 0.3) is 11.0 Å². The van der Waals surface area contributed by atoms with Crippen LogP contribution >= 0.6 is 11.6 Å². The average Bonchev–Trinajstić information content (AvgIpc) is 2.82. The van der Waals surface area contributed by atoms with Crippen LogP contribution < -0.4 is 5.32 Å². The van der Waals surface area contributed by atoms with Gasteiger partial charge in [-0.25, -0.2) is 0 Å². The highest BCUT2D eigenvalue weighted by Gasteiger charge is 2.19. The molecule has 0 aliphatic carbocycles. The first-order valence-corrected chi connectivity index (χ1v) is 7.06. The molecule has 2 aromatic rings. The molecule has 1 aliphatic rings.